The van der Waals surface area contributed by atoms with E-state index in [0.717, 1.165) is 38.9 Å². The Hall–Kier alpha value is -0.770. The Morgan fingerprint density at radius 3 is 2.53 bits per heavy atom. The summed E-state index contributed by atoms with van der Waals surface area (Å²) in [6.07, 6.45) is 5.33. The van der Waals surface area contributed by atoms with Crippen molar-refractivity contribution in [2.45, 2.75) is 50.6 Å². The van der Waals surface area contributed by atoms with E-state index in [-0.39, 0.29) is 11.6 Å². The van der Waals surface area contributed by atoms with Gasteiger partial charge in [-0.15, -0.1) is 0 Å². The van der Waals surface area contributed by atoms with Crippen LogP contribution in [0, 0.1) is 0 Å². The van der Waals surface area contributed by atoms with Gasteiger partial charge >= 0.3 is 6.03 Å². The molecule has 2 amide bonds. The van der Waals surface area contributed by atoms with Crippen LogP contribution in [0.4, 0.5) is 4.79 Å². The van der Waals surface area contributed by atoms with Crippen LogP contribution in [0.25, 0.3) is 0 Å². The molecule has 1 aliphatic carbocycles. The molecule has 15 heavy (non-hydrogen) atoms. The van der Waals surface area contributed by atoms with Crippen molar-refractivity contribution in [1.82, 2.24) is 10.6 Å². The molecule has 4 heteroatoms. The average molecular weight is 212 g/mol. The lowest BCUT2D eigenvalue weighted by Gasteiger charge is -2.36. The molecule has 2 fully saturated rings. The van der Waals surface area contributed by atoms with Gasteiger partial charge < -0.3 is 15.4 Å². The third-order valence-electron chi connectivity index (χ3n) is 3.45. The lowest BCUT2D eigenvalue weighted by molar-refractivity contribution is 0.0489. The molecule has 2 N–H and O–H groups in total. The van der Waals surface area contributed by atoms with Crippen molar-refractivity contribution in [2.24, 2.45) is 0 Å². The summed E-state index contributed by atoms with van der Waals surface area (Å²) < 4.78 is 5.29. The molecule has 1 aliphatic heterocycles. The second-order valence-electron chi connectivity index (χ2n) is 4.90. The molecule has 1 heterocycles. The predicted octanol–water partition coefficient (Wildman–Crippen LogP) is 1.41. The fourth-order valence-electron chi connectivity index (χ4n) is 2.00. The van der Waals surface area contributed by atoms with Crippen LogP contribution in [0.1, 0.15) is 39.0 Å². The van der Waals surface area contributed by atoms with Crippen molar-refractivity contribution in [3.63, 3.8) is 0 Å². The minimum absolute atomic E-state index is 0.0101. The van der Waals surface area contributed by atoms with E-state index in [2.05, 4.69) is 17.6 Å². The molecule has 4 nitrogen and oxygen atoms in total. The maximum atomic E-state index is 11.7. The van der Waals surface area contributed by atoms with Gasteiger partial charge in [-0.25, -0.2) is 4.79 Å². The molecule has 0 spiro atoms. The maximum Gasteiger partial charge on any atom is 0.315 e. The molecule has 0 aromatic carbocycles. The van der Waals surface area contributed by atoms with Gasteiger partial charge in [0.05, 0.1) is 0 Å². The normalized spacial score (nSPS) is 25.4. The Kier molecular flexibility index (Phi) is 3.14. The Labute approximate surface area is 90.8 Å². The third-order valence-corrected chi connectivity index (χ3v) is 3.45. The molecule has 0 aromatic rings. The van der Waals surface area contributed by atoms with Crippen LogP contribution in [-0.2, 0) is 4.74 Å². The number of amides is 2. The second-order valence-corrected chi connectivity index (χ2v) is 4.90. The highest BCUT2D eigenvalue weighted by atomic mass is 16.5. The molecule has 0 radical (unpaired) electrons. The van der Waals surface area contributed by atoms with Crippen LogP contribution in [0.3, 0.4) is 0 Å². The van der Waals surface area contributed by atoms with E-state index in [9.17, 15) is 4.79 Å². The number of nitrogens with one attached hydrogen (secondary N) is 2. The number of urea groups is 1. The van der Waals surface area contributed by atoms with E-state index in [1.54, 1.807) is 0 Å². The monoisotopic (exact) mass is 212 g/mol. The first kappa shape index (κ1) is 10.7. The number of carbonyl (C=O) groups excluding carboxylic acids is 1. The van der Waals surface area contributed by atoms with Crippen molar-refractivity contribution in [3.05, 3.63) is 0 Å². The lowest BCUT2D eigenvalue weighted by Crippen LogP contribution is -2.55. The van der Waals surface area contributed by atoms with Gasteiger partial charge in [-0.3, -0.25) is 0 Å². The first-order chi connectivity index (χ1) is 7.18. The standard InChI is InChI=1S/C11H20N2O2/c1-11(5-7-15-8-6-11)13-10(14)12-9-3-2-4-9/h9H,2-8H2,1H3,(H2,12,13,14). The fraction of sp³-hybridized carbons (Fsp3) is 0.909. The molecule has 2 aliphatic rings. The summed E-state index contributed by atoms with van der Waals surface area (Å²) in [5.41, 5.74) is -0.0773. The SMILES string of the molecule is CC1(NC(=O)NC2CCC2)CCOCC1. The highest BCUT2D eigenvalue weighted by Gasteiger charge is 2.30. The summed E-state index contributed by atoms with van der Waals surface area (Å²) in [5, 5.41) is 6.06. The molecule has 1 saturated heterocycles. The Bertz CT molecular complexity index is 233. The molecule has 0 unspecified atom stereocenters. The highest BCUT2D eigenvalue weighted by Crippen LogP contribution is 2.21. The second kappa shape index (κ2) is 4.39. The predicted molar refractivity (Wildman–Crippen MR) is 57.8 cm³/mol. The number of hydrogen-bond acceptors (Lipinski definition) is 2. The van der Waals surface area contributed by atoms with E-state index >= 15 is 0 Å². The Morgan fingerprint density at radius 2 is 2.00 bits per heavy atom. The maximum absolute atomic E-state index is 11.7. The summed E-state index contributed by atoms with van der Waals surface area (Å²) >= 11 is 0. The van der Waals surface area contributed by atoms with Crippen LogP contribution in [0.15, 0.2) is 0 Å². The summed E-state index contributed by atoms with van der Waals surface area (Å²) in [6, 6.07) is 0.401. The molecule has 0 aromatic heterocycles. The molecular weight excluding hydrogens is 192 g/mol. The van der Waals surface area contributed by atoms with E-state index in [4.69, 9.17) is 4.74 Å². The van der Waals surface area contributed by atoms with Gasteiger partial charge in [0.1, 0.15) is 0 Å². The molecule has 86 valence electrons. The number of carbonyl (C=O) groups is 1. The van der Waals surface area contributed by atoms with Crippen LogP contribution in [-0.4, -0.2) is 30.8 Å². The first-order valence-corrected chi connectivity index (χ1v) is 5.84. The fourth-order valence-corrected chi connectivity index (χ4v) is 2.00. The van der Waals surface area contributed by atoms with Gasteiger partial charge in [0.25, 0.3) is 0 Å². The van der Waals surface area contributed by atoms with Crippen molar-refractivity contribution in [1.29, 1.82) is 0 Å². The zero-order valence-corrected chi connectivity index (χ0v) is 9.34. The molecule has 0 bridgehead atoms. The highest BCUT2D eigenvalue weighted by molar-refractivity contribution is 5.75. The van der Waals surface area contributed by atoms with Crippen molar-refractivity contribution in [2.75, 3.05) is 13.2 Å². The molecule has 0 atom stereocenters. The third kappa shape index (κ3) is 2.84. The summed E-state index contributed by atoms with van der Waals surface area (Å²) in [6.45, 7) is 3.59. The quantitative estimate of drug-likeness (QED) is 0.727. The van der Waals surface area contributed by atoms with Gasteiger partial charge in [0, 0.05) is 24.8 Å². The van der Waals surface area contributed by atoms with E-state index in [1.807, 2.05) is 0 Å². The van der Waals surface area contributed by atoms with Gasteiger partial charge in [0.15, 0.2) is 0 Å². The van der Waals surface area contributed by atoms with Crippen LogP contribution < -0.4 is 10.6 Å². The number of rotatable bonds is 2. The zero-order chi connectivity index (χ0) is 10.7. The minimum Gasteiger partial charge on any atom is -0.381 e. The van der Waals surface area contributed by atoms with E-state index in [0.29, 0.717) is 6.04 Å². The Balaban J connectivity index is 1.75. The molecule has 1 saturated carbocycles. The summed E-state index contributed by atoms with van der Waals surface area (Å²) in [5.74, 6) is 0. The molecular formula is C11H20N2O2. The van der Waals surface area contributed by atoms with Crippen molar-refractivity contribution in [3.8, 4) is 0 Å². The first-order valence-electron chi connectivity index (χ1n) is 5.84. The number of hydrogen-bond donors (Lipinski definition) is 2. The minimum atomic E-state index is -0.0773. The van der Waals surface area contributed by atoms with E-state index in [1.165, 1.54) is 6.42 Å². The zero-order valence-electron chi connectivity index (χ0n) is 9.34. The number of ether oxygens (including phenoxy) is 1. The van der Waals surface area contributed by atoms with Crippen LogP contribution >= 0.6 is 0 Å². The topological polar surface area (TPSA) is 50.4 Å². The van der Waals surface area contributed by atoms with Crippen molar-refractivity contribution >= 4 is 6.03 Å². The van der Waals surface area contributed by atoms with Gasteiger partial charge in [-0.2, -0.15) is 0 Å². The van der Waals surface area contributed by atoms with Crippen LogP contribution in [0.5, 0.6) is 0 Å². The van der Waals surface area contributed by atoms with Crippen molar-refractivity contribution < 1.29 is 9.53 Å². The smallest absolute Gasteiger partial charge is 0.315 e. The van der Waals surface area contributed by atoms with Gasteiger partial charge in [-0.1, -0.05) is 0 Å². The van der Waals surface area contributed by atoms with Gasteiger partial charge in [-0.05, 0) is 39.0 Å². The van der Waals surface area contributed by atoms with E-state index < -0.39 is 0 Å². The van der Waals surface area contributed by atoms with Crippen LogP contribution in [0.2, 0.25) is 0 Å². The van der Waals surface area contributed by atoms with Gasteiger partial charge in [0.2, 0.25) is 0 Å². The molecule has 2 rings (SSSR count). The largest absolute Gasteiger partial charge is 0.381 e. The summed E-state index contributed by atoms with van der Waals surface area (Å²) in [7, 11) is 0. The Morgan fingerprint density at radius 1 is 1.33 bits per heavy atom. The summed E-state index contributed by atoms with van der Waals surface area (Å²) in [4.78, 5) is 11.7. The lowest BCUT2D eigenvalue weighted by atomic mass is 9.92. The average Bonchev–Trinajstić information content (AvgIpc) is 2.12.